The predicted molar refractivity (Wildman–Crippen MR) is 70.8 cm³/mol. The lowest BCUT2D eigenvalue weighted by molar-refractivity contribution is 1.12. The fourth-order valence-corrected chi connectivity index (χ4v) is 1.94. The van der Waals surface area contributed by atoms with Gasteiger partial charge in [-0.1, -0.05) is 36.4 Å². The van der Waals surface area contributed by atoms with Crippen LogP contribution in [-0.4, -0.2) is 4.98 Å². The van der Waals surface area contributed by atoms with Gasteiger partial charge in [0.15, 0.2) is 0 Å². The summed E-state index contributed by atoms with van der Waals surface area (Å²) in [4.78, 5) is 5.40. The smallest absolute Gasteiger partial charge is 0.0748 e. The zero-order valence-corrected chi connectivity index (χ0v) is 9.82. The van der Waals surface area contributed by atoms with E-state index in [4.69, 9.17) is 0 Å². The Labute approximate surface area is 101 Å². The summed E-state index contributed by atoms with van der Waals surface area (Å²) >= 11 is 4.46. The van der Waals surface area contributed by atoms with E-state index in [2.05, 4.69) is 36.3 Å². The Morgan fingerprint density at radius 1 is 1.19 bits per heavy atom. The van der Waals surface area contributed by atoms with Crippen molar-refractivity contribution >= 4 is 12.6 Å². The van der Waals surface area contributed by atoms with Gasteiger partial charge in [0.05, 0.1) is 5.69 Å². The van der Waals surface area contributed by atoms with Gasteiger partial charge in [0, 0.05) is 16.7 Å². The highest BCUT2D eigenvalue weighted by Gasteiger charge is 2.07. The minimum absolute atomic E-state index is 0.789. The second-order valence-corrected chi connectivity index (χ2v) is 4.00. The normalized spacial score (nSPS) is 10.1. The van der Waals surface area contributed by atoms with Crippen LogP contribution in [0.3, 0.4) is 0 Å². The average Bonchev–Trinajstić information content (AvgIpc) is 2.33. The molecule has 2 aromatic rings. The van der Waals surface area contributed by atoms with Crippen LogP contribution in [0.2, 0.25) is 0 Å². The quantitative estimate of drug-likeness (QED) is 0.622. The Kier molecular flexibility index (Phi) is 3.42. The van der Waals surface area contributed by atoms with Gasteiger partial charge in [0.1, 0.15) is 0 Å². The van der Waals surface area contributed by atoms with Crippen molar-refractivity contribution in [2.45, 2.75) is 11.3 Å². The predicted octanol–water partition coefficient (Wildman–Crippen LogP) is 3.77. The second-order valence-electron chi connectivity index (χ2n) is 3.52. The van der Waals surface area contributed by atoms with E-state index in [1.165, 1.54) is 0 Å². The standard InChI is InChI=1S/C14H13NS/c1-2-6-12-13(16)9-10-15-14(12)11-7-4-3-5-8-11/h2-5,7-10H,1,6H2,(H,15,16). The highest BCUT2D eigenvalue weighted by atomic mass is 32.1. The van der Waals surface area contributed by atoms with Crippen LogP contribution >= 0.6 is 12.6 Å². The fraction of sp³-hybridized carbons (Fsp3) is 0.0714. The zero-order valence-electron chi connectivity index (χ0n) is 8.93. The maximum absolute atomic E-state index is 4.46. The van der Waals surface area contributed by atoms with Crippen molar-refractivity contribution in [3.8, 4) is 11.3 Å². The van der Waals surface area contributed by atoms with Crippen LogP contribution in [0.15, 0.2) is 60.1 Å². The number of nitrogens with zero attached hydrogens (tertiary/aromatic N) is 1. The first kappa shape index (κ1) is 11.0. The zero-order chi connectivity index (χ0) is 11.4. The van der Waals surface area contributed by atoms with Gasteiger partial charge in [-0.2, -0.15) is 0 Å². The molecule has 0 amide bonds. The molecule has 1 aromatic carbocycles. The molecule has 0 aliphatic heterocycles. The largest absolute Gasteiger partial charge is 0.256 e. The monoisotopic (exact) mass is 227 g/mol. The molecule has 0 bridgehead atoms. The lowest BCUT2D eigenvalue weighted by atomic mass is 10.0. The van der Waals surface area contributed by atoms with E-state index in [0.717, 1.165) is 28.1 Å². The molecular weight excluding hydrogens is 214 g/mol. The first-order valence-electron chi connectivity index (χ1n) is 5.16. The Morgan fingerprint density at radius 3 is 2.62 bits per heavy atom. The molecule has 80 valence electrons. The SMILES string of the molecule is C=CCc1c(S)ccnc1-c1ccccc1. The van der Waals surface area contributed by atoms with E-state index in [1.54, 1.807) is 6.20 Å². The highest BCUT2D eigenvalue weighted by molar-refractivity contribution is 7.80. The molecule has 16 heavy (non-hydrogen) atoms. The second kappa shape index (κ2) is 4.99. The minimum atomic E-state index is 0.789. The molecule has 0 N–H and O–H groups in total. The molecule has 0 aliphatic rings. The molecular formula is C14H13NS. The number of hydrogen-bond donors (Lipinski definition) is 1. The third-order valence-electron chi connectivity index (χ3n) is 2.43. The summed E-state index contributed by atoms with van der Waals surface area (Å²) in [6.45, 7) is 3.77. The molecule has 0 radical (unpaired) electrons. The molecule has 0 fully saturated rings. The molecule has 2 heteroatoms. The van der Waals surface area contributed by atoms with Gasteiger partial charge in [-0.15, -0.1) is 19.2 Å². The molecule has 1 nitrogen and oxygen atoms in total. The van der Waals surface area contributed by atoms with Crippen molar-refractivity contribution in [1.29, 1.82) is 0 Å². The summed E-state index contributed by atoms with van der Waals surface area (Å²) in [5.41, 5.74) is 3.25. The molecule has 0 saturated heterocycles. The van der Waals surface area contributed by atoms with Crippen LogP contribution in [0.5, 0.6) is 0 Å². The van der Waals surface area contributed by atoms with E-state index in [-0.39, 0.29) is 0 Å². The summed E-state index contributed by atoms with van der Waals surface area (Å²) in [5, 5.41) is 0. The third kappa shape index (κ3) is 2.17. The molecule has 2 rings (SSSR count). The van der Waals surface area contributed by atoms with Crippen molar-refractivity contribution in [1.82, 2.24) is 4.98 Å². The van der Waals surface area contributed by atoms with Crippen LogP contribution in [0.4, 0.5) is 0 Å². The van der Waals surface area contributed by atoms with Gasteiger partial charge in [-0.05, 0) is 18.1 Å². The van der Waals surface area contributed by atoms with E-state index in [9.17, 15) is 0 Å². The van der Waals surface area contributed by atoms with Crippen LogP contribution in [0.1, 0.15) is 5.56 Å². The van der Waals surface area contributed by atoms with Crippen LogP contribution in [-0.2, 0) is 6.42 Å². The number of benzene rings is 1. The molecule has 0 spiro atoms. The molecule has 0 unspecified atom stereocenters. The van der Waals surface area contributed by atoms with E-state index in [0.29, 0.717) is 0 Å². The molecule has 0 atom stereocenters. The highest BCUT2D eigenvalue weighted by Crippen LogP contribution is 2.26. The number of allylic oxidation sites excluding steroid dienone is 1. The molecule has 0 saturated carbocycles. The maximum atomic E-state index is 4.46. The van der Waals surface area contributed by atoms with Crippen LogP contribution in [0.25, 0.3) is 11.3 Å². The van der Waals surface area contributed by atoms with Gasteiger partial charge < -0.3 is 0 Å². The first-order chi connectivity index (χ1) is 7.83. The van der Waals surface area contributed by atoms with E-state index in [1.807, 2.05) is 30.3 Å². The average molecular weight is 227 g/mol. The summed E-state index contributed by atoms with van der Waals surface area (Å²) in [7, 11) is 0. The van der Waals surface area contributed by atoms with Crippen LogP contribution in [0, 0.1) is 0 Å². The Bertz CT molecular complexity index is 491. The van der Waals surface area contributed by atoms with Crippen molar-refractivity contribution < 1.29 is 0 Å². The lowest BCUT2D eigenvalue weighted by Gasteiger charge is -2.09. The van der Waals surface area contributed by atoms with Gasteiger partial charge in [-0.3, -0.25) is 4.98 Å². The lowest BCUT2D eigenvalue weighted by Crippen LogP contribution is -1.93. The number of hydrogen-bond acceptors (Lipinski definition) is 2. The number of thiol groups is 1. The van der Waals surface area contributed by atoms with Crippen molar-refractivity contribution in [2.75, 3.05) is 0 Å². The third-order valence-corrected chi connectivity index (χ3v) is 2.85. The van der Waals surface area contributed by atoms with Crippen molar-refractivity contribution in [3.63, 3.8) is 0 Å². The fourth-order valence-electron chi connectivity index (χ4n) is 1.67. The van der Waals surface area contributed by atoms with Gasteiger partial charge in [0.2, 0.25) is 0 Å². The number of rotatable bonds is 3. The Morgan fingerprint density at radius 2 is 1.94 bits per heavy atom. The van der Waals surface area contributed by atoms with Gasteiger partial charge in [-0.25, -0.2) is 0 Å². The Hall–Kier alpha value is -1.54. The van der Waals surface area contributed by atoms with E-state index >= 15 is 0 Å². The maximum Gasteiger partial charge on any atom is 0.0748 e. The summed E-state index contributed by atoms with van der Waals surface area (Å²) in [6.07, 6.45) is 4.46. The first-order valence-corrected chi connectivity index (χ1v) is 5.61. The van der Waals surface area contributed by atoms with E-state index < -0.39 is 0 Å². The molecule has 0 aliphatic carbocycles. The van der Waals surface area contributed by atoms with Crippen molar-refractivity contribution in [2.24, 2.45) is 0 Å². The summed E-state index contributed by atoms with van der Waals surface area (Å²) in [6, 6.07) is 12.1. The number of pyridine rings is 1. The van der Waals surface area contributed by atoms with Crippen LogP contribution < -0.4 is 0 Å². The van der Waals surface area contributed by atoms with Crippen molar-refractivity contribution in [3.05, 3.63) is 60.8 Å². The molecule has 1 aromatic heterocycles. The topological polar surface area (TPSA) is 12.9 Å². The minimum Gasteiger partial charge on any atom is -0.256 e. The summed E-state index contributed by atoms with van der Waals surface area (Å²) < 4.78 is 0. The Balaban J connectivity index is 2.56. The van der Waals surface area contributed by atoms with Gasteiger partial charge in [0.25, 0.3) is 0 Å². The van der Waals surface area contributed by atoms with Gasteiger partial charge >= 0.3 is 0 Å². The molecule has 1 heterocycles. The summed E-state index contributed by atoms with van der Waals surface area (Å²) in [5.74, 6) is 0. The number of aromatic nitrogens is 1.